The topological polar surface area (TPSA) is 63.2 Å². The average molecular weight is 364 g/mol. The normalized spacial score (nSPS) is 15.4. The second kappa shape index (κ2) is 6.95. The second-order valence-electron chi connectivity index (χ2n) is 5.94. The summed E-state index contributed by atoms with van der Waals surface area (Å²) in [6.45, 7) is 0. The molecule has 24 heavy (non-hydrogen) atoms. The molecule has 1 saturated carbocycles. The van der Waals surface area contributed by atoms with E-state index in [0.717, 1.165) is 25.7 Å². The fourth-order valence-corrected chi connectivity index (χ4v) is 5.00. The highest BCUT2D eigenvalue weighted by Crippen LogP contribution is 2.30. The van der Waals surface area contributed by atoms with E-state index in [2.05, 4.69) is 5.32 Å². The summed E-state index contributed by atoms with van der Waals surface area (Å²) >= 11 is 5.88. The maximum Gasteiger partial charge on any atom is 0.255 e. The number of benzene rings is 2. The summed E-state index contributed by atoms with van der Waals surface area (Å²) in [6, 6.07) is 13.0. The first-order chi connectivity index (χ1) is 11.5. The van der Waals surface area contributed by atoms with Crippen LogP contribution in [0.4, 0.5) is 5.69 Å². The van der Waals surface area contributed by atoms with Crippen LogP contribution in [-0.2, 0) is 9.84 Å². The van der Waals surface area contributed by atoms with Gasteiger partial charge in [-0.05, 0) is 55.3 Å². The Morgan fingerprint density at radius 1 is 1.04 bits per heavy atom. The fraction of sp³-hybridized carbons (Fsp3) is 0.278. The Hall–Kier alpha value is -1.85. The summed E-state index contributed by atoms with van der Waals surface area (Å²) < 4.78 is 25.0. The van der Waals surface area contributed by atoms with Crippen LogP contribution in [0, 0.1) is 0 Å². The molecule has 0 heterocycles. The zero-order valence-electron chi connectivity index (χ0n) is 13.0. The summed E-state index contributed by atoms with van der Waals surface area (Å²) in [5.74, 6) is -0.288. The molecule has 1 fully saturated rings. The minimum Gasteiger partial charge on any atom is -0.322 e. The minimum atomic E-state index is -3.27. The van der Waals surface area contributed by atoms with Gasteiger partial charge in [-0.3, -0.25) is 4.79 Å². The number of hydrogen-bond donors (Lipinski definition) is 1. The first-order valence-electron chi connectivity index (χ1n) is 7.88. The molecule has 126 valence electrons. The third kappa shape index (κ3) is 3.62. The SMILES string of the molecule is O=C(Nc1ccc(S(=O)(=O)C2CCCC2)cc1)c1cccc(Cl)c1. The quantitative estimate of drug-likeness (QED) is 0.880. The largest absolute Gasteiger partial charge is 0.322 e. The lowest BCUT2D eigenvalue weighted by Gasteiger charge is -2.12. The predicted octanol–water partition coefficient (Wildman–Crippen LogP) is 4.31. The van der Waals surface area contributed by atoms with E-state index in [9.17, 15) is 13.2 Å². The minimum absolute atomic E-state index is 0.274. The summed E-state index contributed by atoms with van der Waals surface area (Å²) in [6.07, 6.45) is 3.40. The molecule has 0 aromatic heterocycles. The summed E-state index contributed by atoms with van der Waals surface area (Å²) in [5.41, 5.74) is 0.996. The third-order valence-electron chi connectivity index (χ3n) is 4.27. The molecule has 1 aliphatic rings. The lowest BCUT2D eigenvalue weighted by atomic mass is 10.2. The smallest absolute Gasteiger partial charge is 0.255 e. The number of rotatable bonds is 4. The second-order valence-corrected chi connectivity index (χ2v) is 8.60. The van der Waals surface area contributed by atoms with Crippen LogP contribution in [0.2, 0.25) is 5.02 Å². The molecule has 0 radical (unpaired) electrons. The van der Waals surface area contributed by atoms with Crippen LogP contribution in [-0.4, -0.2) is 19.6 Å². The number of halogens is 1. The van der Waals surface area contributed by atoms with Gasteiger partial charge in [0.05, 0.1) is 10.1 Å². The Bertz CT molecular complexity index is 841. The van der Waals surface area contributed by atoms with Gasteiger partial charge < -0.3 is 5.32 Å². The van der Waals surface area contributed by atoms with E-state index < -0.39 is 9.84 Å². The lowest BCUT2D eigenvalue weighted by Crippen LogP contribution is -2.18. The van der Waals surface area contributed by atoms with E-state index in [1.54, 1.807) is 48.5 Å². The summed E-state index contributed by atoms with van der Waals surface area (Å²) in [7, 11) is -3.27. The zero-order chi connectivity index (χ0) is 17.2. The predicted molar refractivity (Wildman–Crippen MR) is 95.3 cm³/mol. The molecule has 3 rings (SSSR count). The molecule has 0 spiro atoms. The Morgan fingerprint density at radius 2 is 1.71 bits per heavy atom. The number of sulfone groups is 1. The molecule has 2 aromatic carbocycles. The van der Waals surface area contributed by atoms with Gasteiger partial charge in [0.25, 0.3) is 5.91 Å². The van der Waals surface area contributed by atoms with E-state index in [4.69, 9.17) is 11.6 Å². The number of amides is 1. The molecule has 0 bridgehead atoms. The number of hydrogen-bond acceptors (Lipinski definition) is 3. The maximum absolute atomic E-state index is 12.5. The summed E-state index contributed by atoms with van der Waals surface area (Å²) in [5, 5.41) is 2.95. The first kappa shape index (κ1) is 17.0. The van der Waals surface area contributed by atoms with Crippen molar-refractivity contribution in [2.24, 2.45) is 0 Å². The molecule has 1 N–H and O–H groups in total. The number of anilines is 1. The molecule has 1 amide bonds. The Balaban J connectivity index is 1.74. The van der Waals surface area contributed by atoms with Gasteiger partial charge in [-0.1, -0.05) is 30.5 Å². The van der Waals surface area contributed by atoms with Gasteiger partial charge in [0.1, 0.15) is 0 Å². The van der Waals surface area contributed by atoms with Crippen LogP contribution < -0.4 is 5.32 Å². The molecular formula is C18H18ClNO3S. The molecule has 6 heteroatoms. The van der Waals surface area contributed by atoms with Gasteiger partial charge in [0.15, 0.2) is 9.84 Å². The number of nitrogens with one attached hydrogen (secondary N) is 1. The van der Waals surface area contributed by atoms with Crippen molar-refractivity contribution in [1.82, 2.24) is 0 Å². The van der Waals surface area contributed by atoms with Crippen molar-refractivity contribution < 1.29 is 13.2 Å². The van der Waals surface area contributed by atoms with Gasteiger partial charge in [0.2, 0.25) is 0 Å². The van der Waals surface area contributed by atoms with Gasteiger partial charge >= 0.3 is 0 Å². The fourth-order valence-electron chi connectivity index (χ4n) is 2.95. The Kier molecular flexibility index (Phi) is 4.92. The molecule has 1 aliphatic carbocycles. The van der Waals surface area contributed by atoms with Gasteiger partial charge in [-0.15, -0.1) is 0 Å². The summed E-state index contributed by atoms with van der Waals surface area (Å²) in [4.78, 5) is 12.5. The molecule has 0 atom stereocenters. The van der Waals surface area contributed by atoms with Crippen molar-refractivity contribution >= 4 is 33.0 Å². The Morgan fingerprint density at radius 3 is 2.33 bits per heavy atom. The molecule has 0 unspecified atom stereocenters. The van der Waals surface area contributed by atoms with Crippen molar-refractivity contribution in [3.8, 4) is 0 Å². The van der Waals surface area contributed by atoms with Crippen LogP contribution in [0.25, 0.3) is 0 Å². The van der Waals surface area contributed by atoms with E-state index in [1.165, 1.54) is 0 Å². The standard InChI is InChI=1S/C18H18ClNO3S/c19-14-5-3-4-13(12-14)18(21)20-15-8-10-17(11-9-15)24(22,23)16-6-1-2-7-16/h3-5,8-12,16H,1-2,6-7H2,(H,20,21). The maximum atomic E-state index is 12.5. The van der Waals surface area contributed by atoms with Crippen molar-refractivity contribution in [3.63, 3.8) is 0 Å². The molecule has 0 saturated heterocycles. The average Bonchev–Trinajstić information content (AvgIpc) is 3.10. The van der Waals surface area contributed by atoms with E-state index >= 15 is 0 Å². The van der Waals surface area contributed by atoms with E-state index in [0.29, 0.717) is 21.2 Å². The van der Waals surface area contributed by atoms with E-state index in [1.807, 2.05) is 0 Å². The Labute approximate surface area is 146 Å². The van der Waals surface area contributed by atoms with Crippen molar-refractivity contribution in [2.45, 2.75) is 35.8 Å². The third-order valence-corrected chi connectivity index (χ3v) is 6.78. The monoisotopic (exact) mass is 363 g/mol. The molecule has 4 nitrogen and oxygen atoms in total. The van der Waals surface area contributed by atoms with Gasteiger partial charge in [0, 0.05) is 16.3 Å². The van der Waals surface area contributed by atoms with Crippen LogP contribution in [0.3, 0.4) is 0 Å². The van der Waals surface area contributed by atoms with Crippen LogP contribution >= 0.6 is 11.6 Å². The number of carbonyl (C=O) groups is 1. The molecule has 0 aliphatic heterocycles. The van der Waals surface area contributed by atoms with Gasteiger partial charge in [-0.25, -0.2) is 8.42 Å². The highest BCUT2D eigenvalue weighted by molar-refractivity contribution is 7.92. The van der Waals surface area contributed by atoms with Crippen LogP contribution in [0.15, 0.2) is 53.4 Å². The first-order valence-corrected chi connectivity index (χ1v) is 9.80. The zero-order valence-corrected chi connectivity index (χ0v) is 14.6. The van der Waals surface area contributed by atoms with Crippen LogP contribution in [0.5, 0.6) is 0 Å². The number of carbonyl (C=O) groups excluding carboxylic acids is 1. The molecular weight excluding hydrogens is 346 g/mol. The van der Waals surface area contributed by atoms with Crippen LogP contribution in [0.1, 0.15) is 36.0 Å². The highest BCUT2D eigenvalue weighted by atomic mass is 35.5. The van der Waals surface area contributed by atoms with E-state index in [-0.39, 0.29) is 11.2 Å². The van der Waals surface area contributed by atoms with Crippen molar-refractivity contribution in [3.05, 3.63) is 59.1 Å². The molecule has 2 aromatic rings. The lowest BCUT2D eigenvalue weighted by molar-refractivity contribution is 0.102. The van der Waals surface area contributed by atoms with Crippen molar-refractivity contribution in [2.75, 3.05) is 5.32 Å². The van der Waals surface area contributed by atoms with Gasteiger partial charge in [-0.2, -0.15) is 0 Å². The van der Waals surface area contributed by atoms with Crippen molar-refractivity contribution in [1.29, 1.82) is 0 Å². The highest BCUT2D eigenvalue weighted by Gasteiger charge is 2.30.